The highest BCUT2D eigenvalue weighted by atomic mass is 16.6. The van der Waals surface area contributed by atoms with Crippen molar-refractivity contribution in [2.75, 3.05) is 26.7 Å². The lowest BCUT2D eigenvalue weighted by molar-refractivity contribution is -0.384. The lowest BCUT2D eigenvalue weighted by atomic mass is 10.00. The number of hydrogen-bond donors (Lipinski definition) is 13. The normalized spacial score (nSPS) is 13.2. The molecule has 2 aromatic rings. The zero-order valence-corrected chi connectivity index (χ0v) is 35.1. The largest absolute Gasteiger partial charge is 0.508 e. The molecule has 0 spiro atoms. The summed E-state index contributed by atoms with van der Waals surface area (Å²) in [5.41, 5.74) is 23.2. The predicted molar refractivity (Wildman–Crippen MR) is 229 cm³/mol. The van der Waals surface area contributed by atoms with Gasteiger partial charge >= 0.3 is 0 Å². The fraction of sp³-hybridized carbons (Fsp3) is 0.487. The smallest absolute Gasteiger partial charge is 0.269 e. The maximum atomic E-state index is 14.1. The van der Waals surface area contributed by atoms with Crippen molar-refractivity contribution in [1.82, 2.24) is 36.8 Å². The summed E-state index contributed by atoms with van der Waals surface area (Å²) in [5, 5.41) is 51.2. The van der Waals surface area contributed by atoms with Crippen LogP contribution in [0.3, 0.4) is 0 Å². The molecule has 2 rings (SSSR count). The third kappa shape index (κ3) is 18.9. The lowest BCUT2D eigenvalue weighted by Crippen LogP contribution is -2.59. The van der Waals surface area contributed by atoms with Crippen molar-refractivity contribution >= 4 is 53.0 Å². The molecule has 2 aromatic carbocycles. The van der Waals surface area contributed by atoms with Gasteiger partial charge in [-0.2, -0.15) is 0 Å². The number of primary amides is 1. The number of phenols is 1. The number of phenolic OH excluding ortho intramolecular Hbond substituents is 1. The predicted octanol–water partition coefficient (Wildman–Crippen LogP) is -2.13. The minimum absolute atomic E-state index is 0.00122. The van der Waals surface area contributed by atoms with Crippen molar-refractivity contribution < 1.29 is 38.8 Å². The highest BCUT2D eigenvalue weighted by molar-refractivity contribution is 5.96. The number of nitrogens with two attached hydrogens (primary N) is 4. The van der Waals surface area contributed by atoms with Gasteiger partial charge in [-0.3, -0.25) is 49.7 Å². The van der Waals surface area contributed by atoms with Gasteiger partial charge in [0, 0.05) is 38.7 Å². The van der Waals surface area contributed by atoms with E-state index >= 15 is 0 Å². The SMILES string of the molecule is CC(C)C[C@H](NC(=O)[C@H](Cc1ccc([N+](=O)[O-])cc1)NC(=O)CN(C)C(=O)[C@@H](N)Cc1ccc(O)cc1)C(=O)N[C@H](CCCNC(=N)N)C(=O)N[C@@H](CCCNC(=N)N)C(N)=O. The van der Waals surface area contributed by atoms with Crippen LogP contribution in [-0.4, -0.2) is 119 Å². The molecule has 0 aromatic heterocycles. The Kier molecular flexibility index (Phi) is 21.1. The highest BCUT2D eigenvalue weighted by Gasteiger charge is 2.32. The molecule has 0 aliphatic carbocycles. The number of likely N-dealkylation sites (N-methyl/N-ethyl adjacent to an activating group) is 1. The average Bonchev–Trinajstić information content (AvgIpc) is 3.19. The van der Waals surface area contributed by atoms with Crippen LogP contribution in [0.15, 0.2) is 48.5 Å². The number of amides is 6. The van der Waals surface area contributed by atoms with Gasteiger partial charge in [0.1, 0.15) is 29.9 Å². The summed E-state index contributed by atoms with van der Waals surface area (Å²) in [6, 6.07) is 5.29. The van der Waals surface area contributed by atoms with E-state index in [1.54, 1.807) is 26.0 Å². The van der Waals surface area contributed by atoms with E-state index in [1.807, 2.05) is 0 Å². The number of hydrogen-bond acceptors (Lipinski definition) is 12. The molecule has 0 aliphatic heterocycles. The number of rotatable bonds is 26. The number of benzene rings is 2. The van der Waals surface area contributed by atoms with Crippen LogP contribution in [0.4, 0.5) is 5.69 Å². The topological polar surface area (TPSA) is 393 Å². The van der Waals surface area contributed by atoms with Gasteiger partial charge < -0.3 is 64.8 Å². The maximum Gasteiger partial charge on any atom is 0.269 e. The van der Waals surface area contributed by atoms with Crippen molar-refractivity contribution in [3.05, 3.63) is 69.8 Å². The molecule has 17 N–H and O–H groups in total. The highest BCUT2D eigenvalue weighted by Crippen LogP contribution is 2.15. The first-order valence-electron chi connectivity index (χ1n) is 19.8. The van der Waals surface area contributed by atoms with Crippen molar-refractivity contribution in [3.63, 3.8) is 0 Å². The van der Waals surface area contributed by atoms with Crippen molar-refractivity contribution in [3.8, 4) is 5.75 Å². The van der Waals surface area contributed by atoms with Gasteiger partial charge in [0.05, 0.1) is 17.5 Å². The molecule has 0 aliphatic rings. The van der Waals surface area contributed by atoms with E-state index in [0.29, 0.717) is 17.5 Å². The molecular formula is C39H60N14O9. The van der Waals surface area contributed by atoms with Crippen LogP contribution in [0, 0.1) is 26.9 Å². The Labute approximate surface area is 359 Å². The summed E-state index contributed by atoms with van der Waals surface area (Å²) >= 11 is 0. The van der Waals surface area contributed by atoms with Crippen LogP contribution < -0.4 is 54.8 Å². The van der Waals surface area contributed by atoms with Crippen LogP contribution in [0.1, 0.15) is 57.1 Å². The van der Waals surface area contributed by atoms with Crippen LogP contribution >= 0.6 is 0 Å². The fourth-order valence-electron chi connectivity index (χ4n) is 6.12. The Bertz CT molecular complexity index is 1880. The van der Waals surface area contributed by atoms with Crippen molar-refractivity contribution in [1.29, 1.82) is 10.8 Å². The molecule has 0 saturated carbocycles. The zero-order chi connectivity index (χ0) is 46.5. The molecule has 62 heavy (non-hydrogen) atoms. The number of non-ortho nitro benzene ring substituents is 1. The van der Waals surface area contributed by atoms with Crippen molar-refractivity contribution in [2.24, 2.45) is 28.9 Å². The molecule has 0 unspecified atom stereocenters. The molecule has 0 fully saturated rings. The first-order valence-corrected chi connectivity index (χ1v) is 19.8. The monoisotopic (exact) mass is 868 g/mol. The molecule has 6 amide bonds. The molecule has 0 bridgehead atoms. The maximum absolute atomic E-state index is 14.1. The molecule has 0 saturated heterocycles. The second-order valence-electron chi connectivity index (χ2n) is 15.1. The number of guanidine groups is 2. The Hall–Kier alpha value is -7.04. The summed E-state index contributed by atoms with van der Waals surface area (Å²) in [6.45, 7) is 3.44. The third-order valence-corrected chi connectivity index (χ3v) is 9.31. The first kappa shape index (κ1) is 51.1. The van der Waals surface area contributed by atoms with Gasteiger partial charge in [-0.15, -0.1) is 0 Å². The molecule has 23 heteroatoms. The van der Waals surface area contributed by atoms with E-state index in [0.717, 1.165) is 4.90 Å². The van der Waals surface area contributed by atoms with Crippen LogP contribution in [0.25, 0.3) is 0 Å². The Balaban J connectivity index is 2.33. The molecule has 0 heterocycles. The second kappa shape index (κ2) is 25.6. The lowest BCUT2D eigenvalue weighted by Gasteiger charge is -2.27. The van der Waals surface area contributed by atoms with Crippen LogP contribution in [0.5, 0.6) is 5.75 Å². The van der Waals surface area contributed by atoms with E-state index in [4.69, 9.17) is 33.8 Å². The molecule has 340 valence electrons. The average molecular weight is 869 g/mol. The summed E-state index contributed by atoms with van der Waals surface area (Å²) < 4.78 is 0. The fourth-order valence-corrected chi connectivity index (χ4v) is 6.12. The van der Waals surface area contributed by atoms with E-state index in [1.165, 1.54) is 43.4 Å². The minimum atomic E-state index is -1.37. The Morgan fingerprint density at radius 1 is 0.726 bits per heavy atom. The summed E-state index contributed by atoms with van der Waals surface area (Å²) in [6.07, 6.45) is 0.602. The quantitative estimate of drug-likeness (QED) is 0.0158. The van der Waals surface area contributed by atoms with Crippen LogP contribution in [-0.2, 0) is 41.6 Å². The standard InChI is InChI=1S/C39H60N14O9/c1-22(2)18-30(35(58)50-29(7-5-17-47-39(44)45)34(57)49-28(33(41)56)6-4-16-46-38(42)43)51-36(59)31(20-24-8-12-25(13-9-24)53(61)62)48-32(55)21-52(3)37(60)27(40)19-23-10-14-26(54)15-11-23/h8-15,22,27-31,54H,4-7,16-21,40H2,1-3H3,(H2,41,56)(H,48,55)(H,49,57)(H,50,58)(H,51,59)(H4,42,43,46)(H4,44,45,47)/t27-,28-,29+,30-,31-/m0/s1. The summed E-state index contributed by atoms with van der Waals surface area (Å²) in [7, 11) is 1.35. The van der Waals surface area contributed by atoms with Gasteiger partial charge in [0.15, 0.2) is 11.9 Å². The zero-order valence-electron chi connectivity index (χ0n) is 35.1. The van der Waals surface area contributed by atoms with Crippen LogP contribution in [0.2, 0.25) is 0 Å². The van der Waals surface area contributed by atoms with Gasteiger partial charge in [0.2, 0.25) is 35.4 Å². The summed E-state index contributed by atoms with van der Waals surface area (Å²) in [5.74, 6) is -5.29. The van der Waals surface area contributed by atoms with E-state index in [2.05, 4.69) is 31.9 Å². The molecule has 0 radical (unpaired) electrons. The van der Waals surface area contributed by atoms with Gasteiger partial charge in [-0.1, -0.05) is 38.1 Å². The third-order valence-electron chi connectivity index (χ3n) is 9.31. The number of aromatic hydroxyl groups is 1. The van der Waals surface area contributed by atoms with E-state index in [-0.39, 0.29) is 80.9 Å². The van der Waals surface area contributed by atoms with Gasteiger partial charge in [-0.25, -0.2) is 0 Å². The number of nitro groups is 1. The van der Waals surface area contributed by atoms with E-state index in [9.17, 15) is 44.0 Å². The molecule has 5 atom stereocenters. The number of nitrogens with zero attached hydrogens (tertiary/aromatic N) is 2. The number of nitro benzene ring substituents is 1. The van der Waals surface area contributed by atoms with Gasteiger partial charge in [0.25, 0.3) is 5.69 Å². The first-order chi connectivity index (χ1) is 29.2. The molecular weight excluding hydrogens is 809 g/mol. The van der Waals surface area contributed by atoms with Gasteiger partial charge in [-0.05, 0) is 67.7 Å². The minimum Gasteiger partial charge on any atom is -0.508 e. The number of carbonyl (C=O) groups excluding carboxylic acids is 6. The number of nitrogens with one attached hydrogen (secondary N) is 8. The summed E-state index contributed by atoms with van der Waals surface area (Å²) in [4.78, 5) is 92.2. The Morgan fingerprint density at radius 3 is 1.71 bits per heavy atom. The van der Waals surface area contributed by atoms with Crippen molar-refractivity contribution in [2.45, 2.75) is 89.0 Å². The van der Waals surface area contributed by atoms with E-state index < -0.39 is 77.1 Å². The Morgan fingerprint density at radius 2 is 1.19 bits per heavy atom. The molecule has 23 nitrogen and oxygen atoms in total. The number of carbonyl (C=O) groups is 6. The second-order valence-corrected chi connectivity index (χ2v) is 15.1.